The Morgan fingerprint density at radius 3 is 2.45 bits per heavy atom. The second-order valence-electron chi connectivity index (χ2n) is 12.5. The zero-order valence-corrected chi connectivity index (χ0v) is 26.9. The number of carbonyl (C=O) groups excluding carboxylic acids is 1. The zero-order valence-electron chi connectivity index (χ0n) is 26.1. The molecule has 0 radical (unpaired) electrons. The van der Waals surface area contributed by atoms with E-state index in [0.717, 1.165) is 18.5 Å². The number of ether oxygens (including phenoxy) is 1. The second-order valence-corrected chi connectivity index (χ2v) is 14.4. The third kappa shape index (κ3) is 6.75. The van der Waals surface area contributed by atoms with E-state index in [1.54, 1.807) is 37.3 Å². The number of carbonyl (C=O) groups is 1. The smallest absolute Gasteiger partial charge is 0.321 e. The molecule has 4 rings (SSSR count). The molecular formula is C32H47N3O8S. The molecule has 2 aromatic carbocycles. The molecule has 2 amide bonds. The highest BCUT2D eigenvalue weighted by Crippen LogP contribution is 2.49. The second kappa shape index (κ2) is 13.7. The molecule has 2 aliphatic heterocycles. The number of aliphatic hydroxyl groups is 4. The maximum atomic E-state index is 13.9. The average Bonchev–Trinajstić information content (AvgIpc) is 3.06. The van der Waals surface area contributed by atoms with E-state index in [0.29, 0.717) is 29.7 Å². The van der Waals surface area contributed by atoms with Gasteiger partial charge >= 0.3 is 6.03 Å². The number of anilines is 2. The summed E-state index contributed by atoms with van der Waals surface area (Å²) in [6.45, 7) is 5.10. The molecule has 0 bridgehead atoms. The number of hydrogen-bond acceptors (Lipinski definition) is 9. The van der Waals surface area contributed by atoms with Crippen LogP contribution in [0.2, 0.25) is 0 Å². The van der Waals surface area contributed by atoms with Gasteiger partial charge in [-0.15, -0.1) is 0 Å². The lowest BCUT2D eigenvalue weighted by Crippen LogP contribution is -2.60. The molecule has 0 aromatic heterocycles. The highest BCUT2D eigenvalue weighted by atomic mass is 32.2. The van der Waals surface area contributed by atoms with Crippen molar-refractivity contribution in [2.24, 2.45) is 11.3 Å². The van der Waals surface area contributed by atoms with Gasteiger partial charge in [0.05, 0.1) is 29.5 Å². The summed E-state index contributed by atoms with van der Waals surface area (Å²) in [7, 11) is 0.000226. The van der Waals surface area contributed by atoms with Crippen LogP contribution < -0.4 is 15.5 Å². The van der Waals surface area contributed by atoms with Gasteiger partial charge in [0.1, 0.15) is 12.2 Å². The molecule has 1 saturated heterocycles. The van der Waals surface area contributed by atoms with Crippen molar-refractivity contribution in [3.63, 3.8) is 0 Å². The van der Waals surface area contributed by atoms with Gasteiger partial charge in [0, 0.05) is 42.7 Å². The molecule has 44 heavy (non-hydrogen) atoms. The molecule has 12 heteroatoms. The fraction of sp³-hybridized carbons (Fsp3) is 0.594. The summed E-state index contributed by atoms with van der Waals surface area (Å²) >= 11 is 0. The normalized spacial score (nSPS) is 31.4. The summed E-state index contributed by atoms with van der Waals surface area (Å²) in [4.78, 5) is 15.1. The van der Waals surface area contributed by atoms with Crippen molar-refractivity contribution in [3.05, 3.63) is 53.6 Å². The number of sulfone groups is 1. The number of benzene rings is 2. The largest absolute Gasteiger partial charge is 0.394 e. The quantitative estimate of drug-likeness (QED) is 0.243. The van der Waals surface area contributed by atoms with Crippen molar-refractivity contribution >= 4 is 27.2 Å². The SMILES string of the molecule is CCCC[C@]1(CC)CS(=O)(=O)c2ccc(N(C)C)cc2[C@H](c2cccc(NC(=O)N[C@@H]3O[C@H](CO)[C@@H](O)[C@H](C)[C@H]3O)c2)[C@@H]1O. The lowest BCUT2D eigenvalue weighted by atomic mass is 9.69. The Hall–Kier alpha value is -2.74. The lowest BCUT2D eigenvalue weighted by Gasteiger charge is -2.41. The summed E-state index contributed by atoms with van der Waals surface area (Å²) in [6, 6.07) is 11.5. The Labute approximate surface area is 260 Å². The van der Waals surface area contributed by atoms with Crippen molar-refractivity contribution < 1.29 is 38.4 Å². The number of hydrogen-bond donors (Lipinski definition) is 6. The predicted molar refractivity (Wildman–Crippen MR) is 168 cm³/mol. The van der Waals surface area contributed by atoms with Crippen LogP contribution in [-0.4, -0.2) is 92.0 Å². The lowest BCUT2D eigenvalue weighted by molar-refractivity contribution is -0.209. The van der Waals surface area contributed by atoms with Gasteiger partial charge in [0.2, 0.25) is 0 Å². The predicted octanol–water partition coefficient (Wildman–Crippen LogP) is 2.82. The highest BCUT2D eigenvalue weighted by molar-refractivity contribution is 7.91. The Morgan fingerprint density at radius 2 is 1.82 bits per heavy atom. The molecule has 6 N–H and O–H groups in total. The molecule has 0 aliphatic carbocycles. The third-order valence-electron chi connectivity index (χ3n) is 9.38. The van der Waals surface area contributed by atoms with Gasteiger partial charge in [0.25, 0.3) is 0 Å². The number of amides is 2. The first-order chi connectivity index (χ1) is 20.8. The summed E-state index contributed by atoms with van der Waals surface area (Å²) < 4.78 is 33.3. The monoisotopic (exact) mass is 633 g/mol. The Bertz CT molecular complexity index is 1420. The maximum Gasteiger partial charge on any atom is 0.321 e. The van der Waals surface area contributed by atoms with Crippen LogP contribution in [-0.2, 0) is 14.6 Å². The number of nitrogens with one attached hydrogen (secondary N) is 2. The summed E-state index contributed by atoms with van der Waals surface area (Å²) in [5, 5.41) is 47.8. The zero-order chi connectivity index (χ0) is 32.4. The maximum absolute atomic E-state index is 13.9. The first kappa shape index (κ1) is 34.1. The molecule has 1 fully saturated rings. The van der Waals surface area contributed by atoms with Crippen molar-refractivity contribution in [1.82, 2.24) is 5.32 Å². The van der Waals surface area contributed by atoms with Crippen molar-refractivity contribution in [1.29, 1.82) is 0 Å². The van der Waals surface area contributed by atoms with E-state index in [-0.39, 0.29) is 10.6 Å². The topological polar surface area (TPSA) is 169 Å². The summed E-state index contributed by atoms with van der Waals surface area (Å²) in [5.41, 5.74) is 1.46. The van der Waals surface area contributed by atoms with Gasteiger partial charge in [-0.05, 0) is 54.3 Å². The summed E-state index contributed by atoms with van der Waals surface area (Å²) in [5.74, 6) is -1.50. The Kier molecular flexibility index (Phi) is 10.6. The molecule has 244 valence electrons. The Balaban J connectivity index is 1.72. The molecule has 0 saturated carbocycles. The van der Waals surface area contributed by atoms with Crippen LogP contribution in [0.3, 0.4) is 0 Å². The van der Waals surface area contributed by atoms with Gasteiger partial charge in [-0.25, -0.2) is 13.2 Å². The van der Waals surface area contributed by atoms with Crippen LogP contribution in [0.4, 0.5) is 16.2 Å². The number of unbranched alkanes of at least 4 members (excludes halogenated alkanes) is 1. The van der Waals surface area contributed by atoms with Crippen LogP contribution in [0, 0.1) is 11.3 Å². The van der Waals surface area contributed by atoms with Crippen molar-refractivity contribution in [2.45, 2.75) is 87.9 Å². The molecule has 2 heterocycles. The average molecular weight is 634 g/mol. The third-order valence-corrected chi connectivity index (χ3v) is 11.4. The van der Waals surface area contributed by atoms with Gasteiger partial charge in [-0.1, -0.05) is 45.7 Å². The Morgan fingerprint density at radius 1 is 1.09 bits per heavy atom. The van der Waals surface area contributed by atoms with Gasteiger partial charge < -0.3 is 40.7 Å². The molecule has 0 spiro atoms. The fourth-order valence-electron chi connectivity index (χ4n) is 6.55. The number of nitrogens with zero attached hydrogens (tertiary/aromatic N) is 1. The number of aliphatic hydroxyl groups excluding tert-OH is 4. The first-order valence-electron chi connectivity index (χ1n) is 15.3. The minimum Gasteiger partial charge on any atom is -0.394 e. The fourth-order valence-corrected chi connectivity index (χ4v) is 8.80. The van der Waals surface area contributed by atoms with Crippen LogP contribution in [0.1, 0.15) is 63.5 Å². The molecule has 8 atom stereocenters. The van der Waals surface area contributed by atoms with Gasteiger partial charge in [-0.3, -0.25) is 0 Å². The minimum atomic E-state index is -3.74. The van der Waals surface area contributed by atoms with Crippen LogP contribution in [0.5, 0.6) is 0 Å². The van der Waals surface area contributed by atoms with E-state index in [2.05, 4.69) is 10.6 Å². The summed E-state index contributed by atoms with van der Waals surface area (Å²) in [6.07, 6.45) is -2.78. The molecule has 0 unspecified atom stereocenters. The van der Waals surface area contributed by atoms with Gasteiger partial charge in [0.15, 0.2) is 16.1 Å². The van der Waals surface area contributed by atoms with Crippen molar-refractivity contribution in [2.75, 3.05) is 36.7 Å². The number of fused-ring (bicyclic) bond motifs is 1. The van der Waals surface area contributed by atoms with E-state index >= 15 is 0 Å². The van der Waals surface area contributed by atoms with Crippen LogP contribution in [0.15, 0.2) is 47.4 Å². The molecule has 2 aliphatic rings. The van der Waals surface area contributed by atoms with E-state index < -0.39 is 70.4 Å². The van der Waals surface area contributed by atoms with E-state index in [1.165, 1.54) is 0 Å². The number of urea groups is 1. The number of rotatable bonds is 9. The van der Waals surface area contributed by atoms with Crippen LogP contribution >= 0.6 is 0 Å². The minimum absolute atomic E-state index is 0.158. The molecular weight excluding hydrogens is 586 g/mol. The van der Waals surface area contributed by atoms with Gasteiger partial charge in [-0.2, -0.15) is 0 Å². The first-order valence-corrected chi connectivity index (χ1v) is 17.0. The van der Waals surface area contributed by atoms with E-state index in [4.69, 9.17) is 4.74 Å². The standard InChI is InChI=1S/C32H47N3O8S/c1-6-8-14-32(7-2)18-44(41,42)25-13-12-22(35(4)5)16-23(25)26(29(32)39)20-10-9-11-21(15-20)33-31(40)34-30-28(38)19(3)27(37)24(17-36)43-30/h9-13,15-16,19,24,26-30,36-39H,6-8,14,17-18H2,1-5H3,(H2,33,34,40)/t19-,24+,26-,27-,28+,29-,30+,32+/m0/s1. The van der Waals surface area contributed by atoms with E-state index in [9.17, 15) is 33.6 Å². The molecule has 2 aromatic rings. The molecule has 11 nitrogen and oxygen atoms in total. The highest BCUT2D eigenvalue weighted by Gasteiger charge is 2.49. The van der Waals surface area contributed by atoms with Crippen LogP contribution in [0.25, 0.3) is 0 Å². The van der Waals surface area contributed by atoms with Crippen molar-refractivity contribution in [3.8, 4) is 0 Å². The van der Waals surface area contributed by atoms with E-state index in [1.807, 2.05) is 45.0 Å².